The number of hydrogen-bond acceptors (Lipinski definition) is 5. The van der Waals surface area contributed by atoms with Crippen molar-refractivity contribution >= 4 is 29.4 Å². The third-order valence-corrected chi connectivity index (χ3v) is 4.90. The van der Waals surface area contributed by atoms with Gasteiger partial charge in [-0.05, 0) is 24.6 Å². The first-order chi connectivity index (χ1) is 13.7. The Balaban J connectivity index is 1.54. The van der Waals surface area contributed by atoms with Crippen molar-refractivity contribution in [3.8, 4) is 0 Å². The second-order valence-corrected chi connectivity index (χ2v) is 6.90. The molecule has 0 unspecified atom stereocenters. The van der Waals surface area contributed by atoms with Gasteiger partial charge in [0.25, 0.3) is 0 Å². The zero-order valence-electron chi connectivity index (χ0n) is 15.5. The number of benzene rings is 2. The summed E-state index contributed by atoms with van der Waals surface area (Å²) in [6.45, 7) is 2.71. The molecule has 0 bridgehead atoms. The van der Waals surface area contributed by atoms with Crippen LogP contribution in [0.3, 0.4) is 0 Å². The molecule has 3 amide bonds. The molecule has 0 atom stereocenters. The maximum absolute atomic E-state index is 12.1. The Labute approximate surface area is 167 Å². The Bertz CT molecular complexity index is 928. The summed E-state index contributed by atoms with van der Waals surface area (Å²) in [5.74, 6) is 0.526. The molecule has 0 aliphatic rings. The highest BCUT2D eigenvalue weighted by Crippen LogP contribution is 2.18. The highest BCUT2D eigenvalue weighted by atomic mass is 32.2. The summed E-state index contributed by atoms with van der Waals surface area (Å²) in [7, 11) is 0. The smallest absolute Gasteiger partial charge is 0.308 e. The first-order valence-electron chi connectivity index (χ1n) is 8.90. The largest absolute Gasteiger partial charge is 0.325 e. The molecule has 2 N–H and O–H groups in total. The number of anilines is 1. The van der Waals surface area contributed by atoms with Crippen LogP contribution in [-0.4, -0.2) is 32.5 Å². The maximum atomic E-state index is 12.1. The fourth-order valence-electron chi connectivity index (χ4n) is 2.63. The molecule has 7 nitrogen and oxygen atoms in total. The fraction of sp³-hybridized carbons (Fsp3) is 0.200. The van der Waals surface area contributed by atoms with Crippen molar-refractivity contribution in [3.05, 3.63) is 72.1 Å². The molecule has 1 aromatic heterocycles. The summed E-state index contributed by atoms with van der Waals surface area (Å²) in [4.78, 5) is 23.9. The highest BCUT2D eigenvalue weighted by molar-refractivity contribution is 7.99. The number of nitrogens with zero attached hydrogens (tertiary/aromatic N) is 3. The summed E-state index contributed by atoms with van der Waals surface area (Å²) in [5, 5.41) is 14.0. The summed E-state index contributed by atoms with van der Waals surface area (Å²) in [5.41, 5.74) is 1.77. The molecular weight excluding hydrogens is 374 g/mol. The molecular formula is C20H21N5O2S. The minimum atomic E-state index is -0.557. The van der Waals surface area contributed by atoms with Crippen molar-refractivity contribution in [2.75, 3.05) is 11.1 Å². The molecule has 0 fully saturated rings. The molecule has 3 aromatic rings. The van der Waals surface area contributed by atoms with Crippen molar-refractivity contribution < 1.29 is 9.59 Å². The van der Waals surface area contributed by atoms with Crippen LogP contribution in [0.2, 0.25) is 0 Å². The topological polar surface area (TPSA) is 88.9 Å². The number of rotatable bonds is 7. The lowest BCUT2D eigenvalue weighted by molar-refractivity contribution is -0.117. The molecule has 2 aromatic carbocycles. The summed E-state index contributed by atoms with van der Waals surface area (Å²) < 4.78 is 1.98. The quantitative estimate of drug-likeness (QED) is 0.599. The van der Waals surface area contributed by atoms with Crippen LogP contribution < -0.4 is 10.6 Å². The maximum Gasteiger partial charge on any atom is 0.325 e. The van der Waals surface area contributed by atoms with Gasteiger partial charge in [-0.25, -0.2) is 4.79 Å². The third-order valence-electron chi connectivity index (χ3n) is 3.93. The molecule has 0 spiro atoms. The van der Waals surface area contributed by atoms with E-state index in [1.165, 1.54) is 11.8 Å². The van der Waals surface area contributed by atoms with E-state index in [4.69, 9.17) is 0 Å². The van der Waals surface area contributed by atoms with Crippen molar-refractivity contribution in [3.63, 3.8) is 0 Å². The van der Waals surface area contributed by atoms with Crippen LogP contribution in [0.5, 0.6) is 0 Å². The van der Waals surface area contributed by atoms with Crippen LogP contribution in [-0.2, 0) is 17.8 Å². The number of hydrogen-bond donors (Lipinski definition) is 2. The average molecular weight is 395 g/mol. The van der Waals surface area contributed by atoms with Gasteiger partial charge in [0.15, 0.2) is 5.16 Å². The zero-order chi connectivity index (χ0) is 19.8. The molecule has 28 heavy (non-hydrogen) atoms. The van der Waals surface area contributed by atoms with Crippen LogP contribution in [0, 0.1) is 0 Å². The lowest BCUT2D eigenvalue weighted by Crippen LogP contribution is -2.35. The summed E-state index contributed by atoms with van der Waals surface area (Å²) in [6, 6.07) is 18.4. The van der Waals surface area contributed by atoms with Crippen LogP contribution in [0.1, 0.15) is 18.3 Å². The predicted octanol–water partition coefficient (Wildman–Crippen LogP) is 3.33. The standard InChI is InChI=1S/C20H21N5O2S/c1-2-25-17(13-15-9-5-3-6-10-15)23-24-20(25)28-14-18(26)22-19(27)21-16-11-7-4-8-12-16/h3-12H,2,13-14H2,1H3,(H2,21,22,26,27). The number of thioether (sulfide) groups is 1. The van der Waals surface area contributed by atoms with Crippen molar-refractivity contribution in [1.29, 1.82) is 0 Å². The van der Waals surface area contributed by atoms with Gasteiger partial charge in [-0.1, -0.05) is 60.3 Å². The minimum absolute atomic E-state index is 0.0751. The number of amides is 3. The van der Waals surface area contributed by atoms with Crippen molar-refractivity contribution in [1.82, 2.24) is 20.1 Å². The van der Waals surface area contributed by atoms with Crippen LogP contribution in [0.15, 0.2) is 65.8 Å². The van der Waals surface area contributed by atoms with Gasteiger partial charge >= 0.3 is 6.03 Å². The van der Waals surface area contributed by atoms with Gasteiger partial charge < -0.3 is 9.88 Å². The van der Waals surface area contributed by atoms with Gasteiger partial charge in [-0.3, -0.25) is 10.1 Å². The molecule has 144 valence electrons. The van der Waals surface area contributed by atoms with Crippen molar-refractivity contribution in [2.24, 2.45) is 0 Å². The Kier molecular flexibility index (Phi) is 6.80. The molecule has 0 aliphatic carbocycles. The predicted molar refractivity (Wildman–Crippen MR) is 109 cm³/mol. The van der Waals surface area contributed by atoms with Gasteiger partial charge in [-0.15, -0.1) is 10.2 Å². The van der Waals surface area contributed by atoms with E-state index in [0.717, 1.165) is 11.4 Å². The van der Waals surface area contributed by atoms with E-state index in [1.54, 1.807) is 24.3 Å². The van der Waals surface area contributed by atoms with E-state index in [9.17, 15) is 9.59 Å². The minimum Gasteiger partial charge on any atom is -0.308 e. The van der Waals surface area contributed by atoms with E-state index in [1.807, 2.05) is 47.9 Å². The SMILES string of the molecule is CCn1c(Cc2ccccc2)nnc1SCC(=O)NC(=O)Nc1ccccc1. The van der Waals surface area contributed by atoms with E-state index < -0.39 is 11.9 Å². The number of nitrogens with one attached hydrogen (secondary N) is 2. The lowest BCUT2D eigenvalue weighted by Gasteiger charge is -2.08. The number of aromatic nitrogens is 3. The number of urea groups is 1. The number of carbonyl (C=O) groups excluding carboxylic acids is 2. The Morgan fingerprint density at radius 1 is 1.00 bits per heavy atom. The van der Waals surface area contributed by atoms with E-state index in [2.05, 4.69) is 20.8 Å². The van der Waals surface area contributed by atoms with E-state index in [0.29, 0.717) is 23.8 Å². The van der Waals surface area contributed by atoms with Crippen LogP contribution in [0.4, 0.5) is 10.5 Å². The first kappa shape index (κ1) is 19.6. The van der Waals surface area contributed by atoms with Gasteiger partial charge in [0.05, 0.1) is 5.75 Å². The highest BCUT2D eigenvalue weighted by Gasteiger charge is 2.14. The first-order valence-corrected chi connectivity index (χ1v) is 9.89. The van der Waals surface area contributed by atoms with E-state index >= 15 is 0 Å². The summed E-state index contributed by atoms with van der Waals surface area (Å²) in [6.07, 6.45) is 0.675. The van der Waals surface area contributed by atoms with E-state index in [-0.39, 0.29) is 5.75 Å². The van der Waals surface area contributed by atoms with Crippen molar-refractivity contribution in [2.45, 2.75) is 25.0 Å². The second kappa shape index (κ2) is 9.70. The van der Waals surface area contributed by atoms with Gasteiger partial charge in [0.1, 0.15) is 5.82 Å². The Morgan fingerprint density at radius 2 is 1.68 bits per heavy atom. The monoisotopic (exact) mass is 395 g/mol. The number of carbonyl (C=O) groups is 2. The number of para-hydroxylation sites is 1. The van der Waals surface area contributed by atoms with Gasteiger partial charge in [-0.2, -0.15) is 0 Å². The van der Waals surface area contributed by atoms with Crippen LogP contribution in [0.25, 0.3) is 0 Å². The molecule has 0 saturated heterocycles. The molecule has 0 aliphatic heterocycles. The summed E-state index contributed by atoms with van der Waals surface area (Å²) >= 11 is 1.26. The molecule has 8 heteroatoms. The second-order valence-electron chi connectivity index (χ2n) is 5.96. The Morgan fingerprint density at radius 3 is 2.36 bits per heavy atom. The van der Waals surface area contributed by atoms with Crippen LogP contribution >= 0.6 is 11.8 Å². The average Bonchev–Trinajstić information content (AvgIpc) is 3.09. The Hall–Kier alpha value is -3.13. The van der Waals surface area contributed by atoms with Gasteiger partial charge in [0, 0.05) is 18.7 Å². The molecule has 0 radical (unpaired) electrons. The molecule has 1 heterocycles. The molecule has 0 saturated carbocycles. The fourth-order valence-corrected chi connectivity index (χ4v) is 3.45. The normalized spacial score (nSPS) is 10.5. The third kappa shape index (κ3) is 5.43. The molecule has 3 rings (SSSR count). The van der Waals surface area contributed by atoms with Gasteiger partial charge in [0.2, 0.25) is 5.91 Å². The number of imide groups is 1. The zero-order valence-corrected chi connectivity index (χ0v) is 16.3. The lowest BCUT2D eigenvalue weighted by atomic mass is 10.1.